The number of amides is 1. The quantitative estimate of drug-likeness (QED) is 0.680. The summed E-state index contributed by atoms with van der Waals surface area (Å²) in [6.45, 7) is 0.369. The van der Waals surface area contributed by atoms with Crippen LogP contribution in [0.15, 0.2) is 72.8 Å². The lowest BCUT2D eigenvalue weighted by Crippen LogP contribution is -2.45. The van der Waals surface area contributed by atoms with Gasteiger partial charge in [-0.3, -0.25) is 4.79 Å². The van der Waals surface area contributed by atoms with Gasteiger partial charge in [-0.1, -0.05) is 65.7 Å². The van der Waals surface area contributed by atoms with Crippen molar-refractivity contribution in [1.29, 1.82) is 0 Å². The summed E-state index contributed by atoms with van der Waals surface area (Å²) in [6, 6.07) is 21.6. The predicted octanol–water partition coefficient (Wildman–Crippen LogP) is 4.89. The minimum Gasteiger partial charge on any atom is -0.363 e. The van der Waals surface area contributed by atoms with Crippen LogP contribution in [-0.2, 0) is 12.1 Å². The third-order valence-corrected chi connectivity index (χ3v) is 5.46. The van der Waals surface area contributed by atoms with E-state index >= 15 is 0 Å². The molecule has 0 fully saturated rings. The number of hydrogen-bond acceptors (Lipinski definition) is 2. The SMILES string of the molecule is O=C1c2ccccc2C(O)(c2ccc(Cl)cc2)N1CCc1ccc(Cl)cc1. The van der Waals surface area contributed by atoms with E-state index in [1.54, 1.807) is 36.4 Å². The lowest BCUT2D eigenvalue weighted by Gasteiger charge is -2.35. The zero-order valence-electron chi connectivity index (χ0n) is 14.4. The number of aliphatic hydroxyl groups is 1. The molecule has 3 aromatic rings. The highest BCUT2D eigenvalue weighted by atomic mass is 35.5. The third-order valence-electron chi connectivity index (χ3n) is 4.95. The Bertz CT molecular complexity index is 986. The minimum atomic E-state index is -1.52. The van der Waals surface area contributed by atoms with Crippen LogP contribution in [0, 0.1) is 0 Å². The number of fused-ring (bicyclic) bond motifs is 1. The zero-order chi connectivity index (χ0) is 19.0. The molecule has 1 aliphatic heterocycles. The van der Waals surface area contributed by atoms with Crippen LogP contribution in [-0.4, -0.2) is 22.5 Å². The van der Waals surface area contributed by atoms with Gasteiger partial charge in [-0.2, -0.15) is 0 Å². The van der Waals surface area contributed by atoms with E-state index in [1.165, 1.54) is 4.90 Å². The largest absolute Gasteiger partial charge is 0.363 e. The first-order valence-electron chi connectivity index (χ1n) is 8.64. The van der Waals surface area contributed by atoms with Crippen LogP contribution < -0.4 is 0 Å². The molecule has 5 heteroatoms. The van der Waals surface area contributed by atoms with Crippen molar-refractivity contribution in [1.82, 2.24) is 4.90 Å². The number of hydrogen-bond donors (Lipinski definition) is 1. The Labute approximate surface area is 167 Å². The highest BCUT2D eigenvalue weighted by Gasteiger charge is 2.49. The zero-order valence-corrected chi connectivity index (χ0v) is 15.9. The average molecular weight is 398 g/mol. The molecule has 1 atom stereocenters. The van der Waals surface area contributed by atoms with Crippen LogP contribution in [0.5, 0.6) is 0 Å². The van der Waals surface area contributed by atoms with Gasteiger partial charge in [-0.15, -0.1) is 0 Å². The topological polar surface area (TPSA) is 40.5 Å². The van der Waals surface area contributed by atoms with Crippen molar-refractivity contribution in [3.05, 3.63) is 105 Å². The third kappa shape index (κ3) is 3.12. The van der Waals surface area contributed by atoms with Crippen LogP contribution in [0.1, 0.15) is 27.0 Å². The van der Waals surface area contributed by atoms with E-state index in [-0.39, 0.29) is 5.91 Å². The molecule has 0 aliphatic carbocycles. The Balaban J connectivity index is 1.73. The summed E-state index contributed by atoms with van der Waals surface area (Å²) >= 11 is 12.0. The van der Waals surface area contributed by atoms with Gasteiger partial charge in [0.15, 0.2) is 5.72 Å². The van der Waals surface area contributed by atoms with E-state index in [0.717, 1.165) is 5.56 Å². The van der Waals surface area contributed by atoms with Crippen LogP contribution in [0.25, 0.3) is 0 Å². The van der Waals surface area contributed by atoms with Gasteiger partial charge >= 0.3 is 0 Å². The van der Waals surface area contributed by atoms with Crippen molar-refractivity contribution < 1.29 is 9.90 Å². The first kappa shape index (κ1) is 18.1. The second-order valence-corrected chi connectivity index (χ2v) is 7.43. The smallest absolute Gasteiger partial charge is 0.257 e. The van der Waals surface area contributed by atoms with Crippen LogP contribution in [0.4, 0.5) is 0 Å². The minimum absolute atomic E-state index is 0.183. The Morgan fingerprint density at radius 3 is 2.11 bits per heavy atom. The fourth-order valence-electron chi connectivity index (χ4n) is 3.56. The highest BCUT2D eigenvalue weighted by Crippen LogP contribution is 2.42. The molecule has 0 saturated carbocycles. The van der Waals surface area contributed by atoms with Crippen molar-refractivity contribution in [3.63, 3.8) is 0 Å². The maximum absolute atomic E-state index is 13.0. The van der Waals surface area contributed by atoms with E-state index in [2.05, 4.69) is 0 Å². The van der Waals surface area contributed by atoms with E-state index in [4.69, 9.17) is 23.2 Å². The number of carbonyl (C=O) groups excluding carboxylic acids is 1. The Hall–Kier alpha value is -2.33. The average Bonchev–Trinajstić information content (AvgIpc) is 2.90. The van der Waals surface area contributed by atoms with Gasteiger partial charge in [0.1, 0.15) is 0 Å². The van der Waals surface area contributed by atoms with Gasteiger partial charge in [-0.25, -0.2) is 0 Å². The fraction of sp³-hybridized carbons (Fsp3) is 0.136. The molecule has 0 bridgehead atoms. The van der Waals surface area contributed by atoms with Crippen molar-refractivity contribution >= 4 is 29.1 Å². The van der Waals surface area contributed by atoms with Crippen LogP contribution in [0.2, 0.25) is 10.0 Å². The first-order chi connectivity index (χ1) is 13.0. The van der Waals surface area contributed by atoms with E-state index in [9.17, 15) is 9.90 Å². The Morgan fingerprint density at radius 2 is 1.44 bits per heavy atom. The molecule has 1 amide bonds. The molecule has 4 rings (SSSR count). The van der Waals surface area contributed by atoms with E-state index < -0.39 is 5.72 Å². The molecule has 3 nitrogen and oxygen atoms in total. The number of benzene rings is 3. The lowest BCUT2D eigenvalue weighted by atomic mass is 9.93. The summed E-state index contributed by atoms with van der Waals surface area (Å²) < 4.78 is 0. The standard InChI is InChI=1S/C22H17Cl2NO2/c23-17-9-5-15(6-10-17)13-14-25-21(26)19-3-1-2-4-20(19)22(25,27)16-7-11-18(24)12-8-16/h1-12,27H,13-14H2. The molecular weight excluding hydrogens is 381 g/mol. The van der Waals surface area contributed by atoms with Crippen molar-refractivity contribution in [2.24, 2.45) is 0 Å². The molecular formula is C22H17Cl2NO2. The first-order valence-corrected chi connectivity index (χ1v) is 9.40. The molecule has 27 heavy (non-hydrogen) atoms. The number of nitrogens with zero attached hydrogens (tertiary/aromatic N) is 1. The van der Waals surface area contributed by atoms with Crippen molar-refractivity contribution in [2.75, 3.05) is 6.54 Å². The molecule has 136 valence electrons. The Kier molecular flexibility index (Phi) is 4.68. The molecule has 0 aromatic heterocycles. The normalized spacial score (nSPS) is 18.6. The molecule has 0 saturated heterocycles. The van der Waals surface area contributed by atoms with Gasteiger partial charge < -0.3 is 10.0 Å². The van der Waals surface area contributed by atoms with Gasteiger partial charge in [0, 0.05) is 33.3 Å². The molecule has 1 N–H and O–H groups in total. The second kappa shape index (κ2) is 7.01. The van der Waals surface area contributed by atoms with Gasteiger partial charge in [-0.05, 0) is 42.3 Å². The van der Waals surface area contributed by atoms with E-state index in [0.29, 0.717) is 39.7 Å². The molecule has 1 heterocycles. The maximum atomic E-state index is 13.0. The van der Waals surface area contributed by atoms with Crippen molar-refractivity contribution in [3.8, 4) is 0 Å². The summed E-state index contributed by atoms with van der Waals surface area (Å²) in [6.07, 6.45) is 0.604. The van der Waals surface area contributed by atoms with Gasteiger partial charge in [0.25, 0.3) is 5.91 Å². The van der Waals surface area contributed by atoms with Crippen LogP contribution >= 0.6 is 23.2 Å². The molecule has 1 aliphatic rings. The molecule has 0 radical (unpaired) electrons. The summed E-state index contributed by atoms with van der Waals surface area (Å²) in [4.78, 5) is 14.6. The predicted molar refractivity (Wildman–Crippen MR) is 107 cm³/mol. The molecule has 0 spiro atoms. The lowest BCUT2D eigenvalue weighted by molar-refractivity contribution is -0.0493. The maximum Gasteiger partial charge on any atom is 0.257 e. The molecule has 3 aromatic carbocycles. The summed E-state index contributed by atoms with van der Waals surface area (Å²) in [7, 11) is 0. The number of carbonyl (C=O) groups is 1. The number of rotatable bonds is 4. The molecule has 1 unspecified atom stereocenters. The van der Waals surface area contributed by atoms with Gasteiger partial charge in [0.05, 0.1) is 0 Å². The van der Waals surface area contributed by atoms with E-state index in [1.807, 2.05) is 36.4 Å². The van der Waals surface area contributed by atoms with Crippen molar-refractivity contribution in [2.45, 2.75) is 12.1 Å². The second-order valence-electron chi connectivity index (χ2n) is 6.56. The number of halogens is 2. The fourth-order valence-corrected chi connectivity index (χ4v) is 3.81. The Morgan fingerprint density at radius 1 is 0.852 bits per heavy atom. The summed E-state index contributed by atoms with van der Waals surface area (Å²) in [5, 5.41) is 12.9. The summed E-state index contributed by atoms with van der Waals surface area (Å²) in [5.41, 5.74) is 1.24. The van der Waals surface area contributed by atoms with Crippen LogP contribution in [0.3, 0.4) is 0 Å². The highest BCUT2D eigenvalue weighted by molar-refractivity contribution is 6.30. The summed E-state index contributed by atoms with van der Waals surface area (Å²) in [5.74, 6) is -0.183. The van der Waals surface area contributed by atoms with Gasteiger partial charge in [0.2, 0.25) is 0 Å². The monoisotopic (exact) mass is 397 g/mol.